The van der Waals surface area contributed by atoms with Crippen LogP contribution in [0, 0.1) is 0 Å². The van der Waals surface area contributed by atoms with E-state index in [0.29, 0.717) is 11.5 Å². The molecule has 0 unspecified atom stereocenters. The van der Waals surface area contributed by atoms with Crippen LogP contribution in [0.3, 0.4) is 0 Å². The largest absolute Gasteiger partial charge is 0.478 e. The molecule has 18 heavy (non-hydrogen) atoms. The smallest absolute Gasteiger partial charge is 0.331 e. The van der Waals surface area contributed by atoms with E-state index in [1.807, 2.05) is 12.1 Å². The van der Waals surface area contributed by atoms with Crippen molar-refractivity contribution in [1.29, 1.82) is 0 Å². The Bertz CT molecular complexity index is 437. The monoisotopic (exact) mass is 244 g/mol. The SMILES string of the molecule is CC(=Cc1ccc(C2CCCCC2)cc1)C(=O)O. The fourth-order valence-corrected chi connectivity index (χ4v) is 2.61. The van der Waals surface area contributed by atoms with E-state index in [1.165, 1.54) is 37.7 Å². The highest BCUT2D eigenvalue weighted by atomic mass is 16.4. The first-order chi connectivity index (χ1) is 8.66. The van der Waals surface area contributed by atoms with Gasteiger partial charge in [0.25, 0.3) is 0 Å². The Balaban J connectivity index is 2.09. The van der Waals surface area contributed by atoms with Crippen molar-refractivity contribution in [3.05, 3.63) is 41.0 Å². The number of benzene rings is 1. The van der Waals surface area contributed by atoms with Crippen LogP contribution in [0.4, 0.5) is 0 Å². The molecule has 0 aliphatic heterocycles. The molecule has 1 aliphatic carbocycles. The van der Waals surface area contributed by atoms with Gasteiger partial charge in [-0.2, -0.15) is 0 Å². The third-order valence-electron chi connectivity index (χ3n) is 3.73. The first kappa shape index (κ1) is 12.9. The topological polar surface area (TPSA) is 37.3 Å². The van der Waals surface area contributed by atoms with Gasteiger partial charge in [0.1, 0.15) is 0 Å². The highest BCUT2D eigenvalue weighted by molar-refractivity contribution is 5.91. The van der Waals surface area contributed by atoms with Crippen molar-refractivity contribution >= 4 is 12.0 Å². The van der Waals surface area contributed by atoms with Crippen LogP contribution in [-0.4, -0.2) is 11.1 Å². The molecule has 1 N–H and O–H groups in total. The molecule has 96 valence electrons. The van der Waals surface area contributed by atoms with Crippen molar-refractivity contribution in [2.45, 2.75) is 44.9 Å². The number of hydrogen-bond acceptors (Lipinski definition) is 1. The summed E-state index contributed by atoms with van der Waals surface area (Å²) in [4.78, 5) is 10.7. The summed E-state index contributed by atoms with van der Waals surface area (Å²) in [5, 5.41) is 8.83. The number of aliphatic carboxylic acids is 1. The van der Waals surface area contributed by atoms with Crippen LogP contribution in [0.5, 0.6) is 0 Å². The molecule has 1 aromatic rings. The normalized spacial score (nSPS) is 17.7. The van der Waals surface area contributed by atoms with E-state index in [2.05, 4.69) is 12.1 Å². The van der Waals surface area contributed by atoms with Crippen LogP contribution >= 0.6 is 0 Å². The lowest BCUT2D eigenvalue weighted by Gasteiger charge is -2.21. The van der Waals surface area contributed by atoms with Gasteiger partial charge in [0.05, 0.1) is 0 Å². The molecule has 2 heteroatoms. The molecular formula is C16H20O2. The minimum absolute atomic E-state index is 0.375. The molecule has 2 rings (SSSR count). The second kappa shape index (κ2) is 5.85. The number of rotatable bonds is 3. The van der Waals surface area contributed by atoms with Gasteiger partial charge in [-0.15, -0.1) is 0 Å². The number of carbonyl (C=O) groups is 1. The molecule has 0 radical (unpaired) electrons. The standard InChI is InChI=1S/C16H20O2/c1-12(16(17)18)11-13-7-9-15(10-8-13)14-5-3-2-4-6-14/h7-11,14H,2-6H2,1H3,(H,17,18). The maximum atomic E-state index is 10.7. The minimum Gasteiger partial charge on any atom is -0.478 e. The van der Waals surface area contributed by atoms with Crippen LogP contribution in [0.2, 0.25) is 0 Å². The van der Waals surface area contributed by atoms with Crippen molar-refractivity contribution in [2.24, 2.45) is 0 Å². The first-order valence-electron chi connectivity index (χ1n) is 6.68. The Morgan fingerprint density at radius 1 is 1.17 bits per heavy atom. The van der Waals surface area contributed by atoms with Gasteiger partial charge in [0, 0.05) is 5.57 Å². The third kappa shape index (κ3) is 3.22. The third-order valence-corrected chi connectivity index (χ3v) is 3.73. The highest BCUT2D eigenvalue weighted by Crippen LogP contribution is 2.32. The van der Waals surface area contributed by atoms with E-state index in [4.69, 9.17) is 5.11 Å². The molecule has 1 fully saturated rings. The summed E-state index contributed by atoms with van der Waals surface area (Å²) >= 11 is 0. The Kier molecular flexibility index (Phi) is 4.19. The lowest BCUT2D eigenvalue weighted by atomic mass is 9.84. The second-order valence-electron chi connectivity index (χ2n) is 5.13. The van der Waals surface area contributed by atoms with E-state index >= 15 is 0 Å². The summed E-state index contributed by atoms with van der Waals surface area (Å²) < 4.78 is 0. The predicted molar refractivity (Wildman–Crippen MR) is 73.6 cm³/mol. The zero-order chi connectivity index (χ0) is 13.0. The summed E-state index contributed by atoms with van der Waals surface area (Å²) in [6.45, 7) is 1.62. The fraction of sp³-hybridized carbons (Fsp3) is 0.438. The molecule has 0 amide bonds. The van der Waals surface area contributed by atoms with E-state index in [1.54, 1.807) is 13.0 Å². The average molecular weight is 244 g/mol. The maximum Gasteiger partial charge on any atom is 0.331 e. The quantitative estimate of drug-likeness (QED) is 0.808. The maximum absolute atomic E-state index is 10.7. The Morgan fingerprint density at radius 2 is 1.78 bits per heavy atom. The van der Waals surface area contributed by atoms with Gasteiger partial charge in [-0.3, -0.25) is 0 Å². The van der Waals surface area contributed by atoms with E-state index in [9.17, 15) is 4.79 Å². The fourth-order valence-electron chi connectivity index (χ4n) is 2.61. The van der Waals surface area contributed by atoms with Gasteiger partial charge in [-0.05, 0) is 42.9 Å². The van der Waals surface area contributed by atoms with E-state index in [0.717, 1.165) is 5.56 Å². The summed E-state index contributed by atoms with van der Waals surface area (Å²) in [6.07, 6.45) is 8.35. The molecule has 1 aromatic carbocycles. The van der Waals surface area contributed by atoms with Gasteiger partial charge in [-0.1, -0.05) is 43.5 Å². The number of carboxylic acid groups (broad SMARTS) is 1. The average Bonchev–Trinajstić information content (AvgIpc) is 2.40. The summed E-state index contributed by atoms with van der Waals surface area (Å²) in [5.74, 6) is -0.149. The van der Waals surface area contributed by atoms with Gasteiger partial charge in [0.2, 0.25) is 0 Å². The van der Waals surface area contributed by atoms with Crippen molar-refractivity contribution in [1.82, 2.24) is 0 Å². The van der Waals surface area contributed by atoms with E-state index < -0.39 is 5.97 Å². The van der Waals surface area contributed by atoms with Gasteiger partial charge in [-0.25, -0.2) is 4.79 Å². The van der Waals surface area contributed by atoms with Crippen molar-refractivity contribution in [3.8, 4) is 0 Å². The molecule has 1 aliphatic rings. The van der Waals surface area contributed by atoms with Crippen molar-refractivity contribution in [2.75, 3.05) is 0 Å². The number of carboxylic acids is 1. The van der Waals surface area contributed by atoms with E-state index in [-0.39, 0.29) is 0 Å². The molecule has 0 saturated heterocycles. The molecule has 0 aromatic heterocycles. The zero-order valence-corrected chi connectivity index (χ0v) is 10.9. The lowest BCUT2D eigenvalue weighted by molar-refractivity contribution is -0.132. The number of hydrogen-bond donors (Lipinski definition) is 1. The molecular weight excluding hydrogens is 224 g/mol. The summed E-state index contributed by atoms with van der Waals surface area (Å²) in [6, 6.07) is 8.35. The summed E-state index contributed by atoms with van der Waals surface area (Å²) in [5.41, 5.74) is 2.75. The second-order valence-corrected chi connectivity index (χ2v) is 5.13. The van der Waals surface area contributed by atoms with Gasteiger partial charge >= 0.3 is 5.97 Å². The molecule has 0 bridgehead atoms. The highest BCUT2D eigenvalue weighted by Gasteiger charge is 2.14. The van der Waals surface area contributed by atoms with Crippen LogP contribution in [0.25, 0.3) is 6.08 Å². The molecule has 2 nitrogen and oxygen atoms in total. The lowest BCUT2D eigenvalue weighted by Crippen LogP contribution is -2.04. The first-order valence-corrected chi connectivity index (χ1v) is 6.68. The molecule has 1 saturated carbocycles. The van der Waals surface area contributed by atoms with Crippen LogP contribution < -0.4 is 0 Å². The van der Waals surface area contributed by atoms with Crippen LogP contribution in [-0.2, 0) is 4.79 Å². The van der Waals surface area contributed by atoms with Crippen molar-refractivity contribution < 1.29 is 9.90 Å². The van der Waals surface area contributed by atoms with Gasteiger partial charge < -0.3 is 5.11 Å². The molecule has 0 atom stereocenters. The zero-order valence-electron chi connectivity index (χ0n) is 10.9. The Morgan fingerprint density at radius 3 is 2.33 bits per heavy atom. The minimum atomic E-state index is -0.855. The summed E-state index contributed by atoms with van der Waals surface area (Å²) in [7, 11) is 0. The molecule has 0 heterocycles. The molecule has 0 spiro atoms. The van der Waals surface area contributed by atoms with Crippen LogP contribution in [0.15, 0.2) is 29.8 Å². The van der Waals surface area contributed by atoms with Crippen LogP contribution in [0.1, 0.15) is 56.1 Å². The predicted octanol–water partition coefficient (Wildman–Crippen LogP) is 4.22. The Labute approximate surface area is 108 Å². The van der Waals surface area contributed by atoms with Gasteiger partial charge in [0.15, 0.2) is 0 Å². The van der Waals surface area contributed by atoms with Crippen molar-refractivity contribution in [3.63, 3.8) is 0 Å². The Hall–Kier alpha value is -1.57.